The maximum atomic E-state index is 12.6. The zero-order valence-corrected chi connectivity index (χ0v) is 20.1. The second kappa shape index (κ2) is 12.2. The Morgan fingerprint density at radius 3 is 2.53 bits per heavy atom. The van der Waals surface area contributed by atoms with Crippen LogP contribution in [0.1, 0.15) is 30.1 Å². The number of hydrogen-bond acceptors (Lipinski definition) is 6. The van der Waals surface area contributed by atoms with Gasteiger partial charge in [-0.3, -0.25) is 5.32 Å². The fraction of sp³-hybridized carbons (Fsp3) is 0.227. The number of carboxylic acids is 1. The van der Waals surface area contributed by atoms with Crippen LogP contribution >= 0.6 is 31.9 Å². The summed E-state index contributed by atoms with van der Waals surface area (Å²) in [4.78, 5) is 23.3. The van der Waals surface area contributed by atoms with E-state index in [0.29, 0.717) is 38.6 Å². The van der Waals surface area contributed by atoms with Gasteiger partial charge in [0.2, 0.25) is 0 Å². The van der Waals surface area contributed by atoms with Gasteiger partial charge in [-0.15, -0.1) is 0 Å². The topological polar surface area (TPSA) is 129 Å². The molecule has 2 rings (SSSR count). The molecule has 0 saturated heterocycles. The molecule has 2 atom stereocenters. The van der Waals surface area contributed by atoms with Gasteiger partial charge in [0.1, 0.15) is 5.75 Å². The molecule has 10 heteroatoms. The molecule has 32 heavy (non-hydrogen) atoms. The van der Waals surface area contributed by atoms with Crippen molar-refractivity contribution in [3.63, 3.8) is 0 Å². The van der Waals surface area contributed by atoms with E-state index in [0.717, 1.165) is 6.08 Å². The zero-order chi connectivity index (χ0) is 23.7. The quantitative estimate of drug-likeness (QED) is 0.340. The monoisotopic (exact) mass is 566 g/mol. The summed E-state index contributed by atoms with van der Waals surface area (Å²) in [7, 11) is 1.44. The second-order valence-corrected chi connectivity index (χ2v) is 8.33. The molecular formula is C22H20Br2N2O6. The number of carboxylic acid groups (broad SMARTS) is 1. The Morgan fingerprint density at radius 1 is 1.25 bits per heavy atom. The third-order valence-corrected chi connectivity index (χ3v) is 5.44. The van der Waals surface area contributed by atoms with Gasteiger partial charge in [0.05, 0.1) is 22.2 Å². The number of aliphatic carboxylic acids is 1. The average Bonchev–Trinajstić information content (AvgIpc) is 2.75. The lowest BCUT2D eigenvalue weighted by atomic mass is 9.99. The number of nitrogens with one attached hydrogen (secondary N) is 1. The van der Waals surface area contributed by atoms with E-state index in [2.05, 4.69) is 37.2 Å². The maximum absolute atomic E-state index is 12.6. The first kappa shape index (κ1) is 25.4. The van der Waals surface area contributed by atoms with Gasteiger partial charge in [-0.25, -0.2) is 9.59 Å². The molecule has 0 spiro atoms. The van der Waals surface area contributed by atoms with Gasteiger partial charge in [-0.1, -0.05) is 22.0 Å². The summed E-state index contributed by atoms with van der Waals surface area (Å²) >= 11 is 6.63. The molecule has 0 radical (unpaired) electrons. The van der Waals surface area contributed by atoms with Crippen LogP contribution in [0.15, 0.2) is 57.5 Å². The van der Waals surface area contributed by atoms with Crippen molar-refractivity contribution in [2.45, 2.75) is 25.0 Å². The first-order valence-electron chi connectivity index (χ1n) is 9.33. The molecule has 0 aromatic heterocycles. The molecule has 0 aliphatic carbocycles. The van der Waals surface area contributed by atoms with Gasteiger partial charge in [-0.2, -0.15) is 5.26 Å². The Morgan fingerprint density at radius 2 is 1.94 bits per heavy atom. The molecule has 3 N–H and O–H groups in total. The Labute approximate surface area is 201 Å². The third kappa shape index (κ3) is 7.37. The lowest BCUT2D eigenvalue weighted by Gasteiger charge is -2.27. The van der Waals surface area contributed by atoms with Gasteiger partial charge in [-0.05, 0) is 65.2 Å². The van der Waals surface area contributed by atoms with E-state index in [1.807, 2.05) is 6.07 Å². The Bertz CT molecular complexity index is 1030. The molecule has 0 aliphatic rings. The molecule has 0 aliphatic heterocycles. The van der Waals surface area contributed by atoms with Crippen molar-refractivity contribution in [2.24, 2.45) is 0 Å². The van der Waals surface area contributed by atoms with Gasteiger partial charge in [0.15, 0.2) is 6.10 Å². The number of carbonyl (C=O) groups excluding carboxylic acids is 1. The minimum absolute atomic E-state index is 0.118. The summed E-state index contributed by atoms with van der Waals surface area (Å²) in [5.41, 5.74) is 1.17. The van der Waals surface area contributed by atoms with E-state index >= 15 is 0 Å². The summed E-state index contributed by atoms with van der Waals surface area (Å²) in [5, 5.41) is 30.8. The summed E-state index contributed by atoms with van der Waals surface area (Å²) in [5.74, 6) is -1.19. The van der Waals surface area contributed by atoms with Crippen molar-refractivity contribution in [1.29, 1.82) is 5.26 Å². The van der Waals surface area contributed by atoms with Gasteiger partial charge in [0.25, 0.3) is 0 Å². The molecule has 0 fully saturated rings. The predicted molar refractivity (Wildman–Crippen MR) is 124 cm³/mol. The maximum Gasteiger partial charge on any atom is 0.412 e. The summed E-state index contributed by atoms with van der Waals surface area (Å²) in [6.45, 7) is 0. The second-order valence-electron chi connectivity index (χ2n) is 6.56. The van der Waals surface area contributed by atoms with Crippen LogP contribution < -0.4 is 5.32 Å². The van der Waals surface area contributed by atoms with Crippen LogP contribution in [0.3, 0.4) is 0 Å². The van der Waals surface area contributed by atoms with Gasteiger partial charge >= 0.3 is 12.1 Å². The van der Waals surface area contributed by atoms with E-state index in [9.17, 15) is 14.7 Å². The van der Waals surface area contributed by atoms with Crippen molar-refractivity contribution >= 4 is 49.6 Å². The largest absolute Gasteiger partial charge is 0.506 e. The number of allylic oxidation sites excluding steroid dienone is 1. The number of hydrogen-bond donors (Lipinski definition) is 3. The highest BCUT2D eigenvalue weighted by molar-refractivity contribution is 9.11. The minimum Gasteiger partial charge on any atom is -0.506 e. The highest BCUT2D eigenvalue weighted by Gasteiger charge is 2.30. The SMILES string of the molecule is CO[C@@H](CC/C=C/C(=O)O)[C@@H](OC(=O)Nc1ccc(C#N)cc1)c1cc(Br)cc(Br)c1O. The van der Waals surface area contributed by atoms with Crippen molar-refractivity contribution in [3.05, 3.63) is 68.6 Å². The Kier molecular flexibility index (Phi) is 9.71. The average molecular weight is 568 g/mol. The number of nitriles is 1. The zero-order valence-electron chi connectivity index (χ0n) is 16.9. The number of nitrogens with zero attached hydrogens (tertiary/aromatic N) is 1. The fourth-order valence-corrected chi connectivity index (χ4v) is 4.13. The highest BCUT2D eigenvalue weighted by Crippen LogP contribution is 2.39. The number of carbonyl (C=O) groups is 2. The van der Waals surface area contributed by atoms with E-state index in [1.165, 1.54) is 13.2 Å². The van der Waals surface area contributed by atoms with Crippen LogP contribution in [-0.4, -0.2) is 35.5 Å². The standard InChI is InChI=1S/C22H20Br2N2O6/c1-31-18(4-2-3-5-19(27)28)21(16-10-14(23)11-17(24)20(16)29)32-22(30)26-15-8-6-13(12-25)7-9-15/h3,5-11,18,21,29H,2,4H2,1H3,(H,26,30)(H,27,28)/b5-3+/t18-,21-/m0/s1. The number of rotatable bonds is 9. The van der Waals surface area contributed by atoms with Crippen LogP contribution in [-0.2, 0) is 14.3 Å². The van der Waals surface area contributed by atoms with Crippen LogP contribution in [0.2, 0.25) is 0 Å². The van der Waals surface area contributed by atoms with Crippen LogP contribution in [0, 0.1) is 11.3 Å². The molecule has 0 saturated carbocycles. The first-order valence-corrected chi connectivity index (χ1v) is 10.9. The molecule has 1 amide bonds. The molecule has 2 aromatic rings. The molecule has 0 bridgehead atoms. The van der Waals surface area contributed by atoms with E-state index < -0.39 is 24.3 Å². The van der Waals surface area contributed by atoms with E-state index in [4.69, 9.17) is 19.8 Å². The van der Waals surface area contributed by atoms with Gasteiger partial charge in [0, 0.05) is 28.9 Å². The van der Waals surface area contributed by atoms with Crippen LogP contribution in [0.4, 0.5) is 10.5 Å². The number of aromatic hydroxyl groups is 1. The molecule has 0 heterocycles. The lowest BCUT2D eigenvalue weighted by Crippen LogP contribution is -2.28. The number of halogens is 2. The van der Waals surface area contributed by atoms with Crippen molar-refractivity contribution in [2.75, 3.05) is 12.4 Å². The van der Waals surface area contributed by atoms with Crippen molar-refractivity contribution < 1.29 is 29.3 Å². The van der Waals surface area contributed by atoms with Crippen molar-refractivity contribution in [1.82, 2.24) is 0 Å². The smallest absolute Gasteiger partial charge is 0.412 e. The van der Waals surface area contributed by atoms with Crippen molar-refractivity contribution in [3.8, 4) is 11.8 Å². The molecule has 8 nitrogen and oxygen atoms in total. The van der Waals surface area contributed by atoms with E-state index in [-0.39, 0.29) is 5.75 Å². The number of methoxy groups -OCH3 is 1. The minimum atomic E-state index is -1.07. The molecule has 168 valence electrons. The number of benzene rings is 2. The Balaban J connectivity index is 2.29. The molecule has 2 aromatic carbocycles. The third-order valence-electron chi connectivity index (χ3n) is 4.38. The molecular weight excluding hydrogens is 548 g/mol. The number of anilines is 1. The van der Waals surface area contributed by atoms with Crippen LogP contribution in [0.5, 0.6) is 5.75 Å². The van der Waals surface area contributed by atoms with Crippen LogP contribution in [0.25, 0.3) is 0 Å². The fourth-order valence-electron chi connectivity index (χ4n) is 2.87. The summed E-state index contributed by atoms with van der Waals surface area (Å²) < 4.78 is 12.2. The normalized spacial score (nSPS) is 12.7. The molecule has 0 unspecified atom stereocenters. The predicted octanol–water partition coefficient (Wildman–Crippen LogP) is 5.51. The summed E-state index contributed by atoms with van der Waals surface area (Å²) in [6, 6.07) is 11.5. The first-order chi connectivity index (χ1) is 15.2. The number of phenols is 1. The number of phenolic OH excluding ortho intramolecular Hbond substituents is 1. The van der Waals surface area contributed by atoms with E-state index in [1.54, 1.807) is 36.4 Å². The highest BCUT2D eigenvalue weighted by atomic mass is 79.9. The number of amides is 1. The summed E-state index contributed by atoms with van der Waals surface area (Å²) in [6.07, 6.45) is 0.666. The Hall–Kier alpha value is -2.87. The van der Waals surface area contributed by atoms with Gasteiger partial charge < -0.3 is 19.7 Å². The number of ether oxygens (including phenoxy) is 2. The lowest BCUT2D eigenvalue weighted by molar-refractivity contribution is -0.131.